The van der Waals surface area contributed by atoms with E-state index in [-0.39, 0.29) is 0 Å². The van der Waals surface area contributed by atoms with E-state index in [1.54, 1.807) is 33.5 Å². The third-order valence-corrected chi connectivity index (χ3v) is 5.78. The van der Waals surface area contributed by atoms with Crippen molar-refractivity contribution >= 4 is 37.7 Å². The first-order chi connectivity index (χ1) is 15.2. The molecule has 0 N–H and O–H groups in total. The third kappa shape index (κ3) is 4.28. The normalized spacial score (nSPS) is 11.1. The zero-order valence-corrected chi connectivity index (χ0v) is 19.4. The molecular weight excluding hydrogens is 460 g/mol. The number of hydrogen-bond donors (Lipinski definition) is 0. The number of imidazole rings is 1. The van der Waals surface area contributed by atoms with Crippen molar-refractivity contribution in [2.45, 2.75) is 19.6 Å². The van der Waals surface area contributed by atoms with E-state index < -0.39 is 0 Å². The van der Waals surface area contributed by atoms with Crippen molar-refractivity contribution in [3.05, 3.63) is 54.4 Å². The molecule has 7 heteroatoms. The van der Waals surface area contributed by atoms with Crippen LogP contribution in [0.2, 0.25) is 0 Å². The third-order valence-electron chi connectivity index (χ3n) is 5.22. The largest absolute Gasteiger partial charge is 0.493 e. The number of aromatic nitrogens is 2. The summed E-state index contributed by atoms with van der Waals surface area (Å²) in [6.45, 7) is 1.18. The summed E-state index contributed by atoms with van der Waals surface area (Å²) in [5, 5.41) is 3.30. The minimum Gasteiger partial charge on any atom is -0.493 e. The number of ether oxygens (including phenoxy) is 4. The van der Waals surface area contributed by atoms with E-state index in [0.29, 0.717) is 29.6 Å². The van der Waals surface area contributed by atoms with Gasteiger partial charge in [0.2, 0.25) is 5.75 Å². The fourth-order valence-electron chi connectivity index (χ4n) is 3.73. The summed E-state index contributed by atoms with van der Waals surface area (Å²) in [6, 6.07) is 16.3. The average Bonchev–Trinajstić information content (AvgIpc) is 3.14. The van der Waals surface area contributed by atoms with Crippen LogP contribution in [-0.2, 0) is 13.2 Å². The molecule has 4 aromatic rings. The average molecular weight is 485 g/mol. The lowest BCUT2D eigenvalue weighted by Crippen LogP contribution is -2.08. The van der Waals surface area contributed by atoms with Crippen molar-refractivity contribution in [1.82, 2.24) is 9.55 Å². The number of hydrogen-bond acceptors (Lipinski definition) is 5. The zero-order chi connectivity index (χ0) is 21.8. The Bertz CT molecular complexity index is 1180. The van der Waals surface area contributed by atoms with E-state index in [9.17, 15) is 0 Å². The number of methoxy groups -OCH3 is 3. The van der Waals surface area contributed by atoms with Crippen LogP contribution in [0.1, 0.15) is 12.2 Å². The lowest BCUT2D eigenvalue weighted by atomic mass is 10.1. The fourth-order valence-corrected chi connectivity index (χ4v) is 3.98. The van der Waals surface area contributed by atoms with E-state index in [2.05, 4.69) is 50.8 Å². The van der Waals surface area contributed by atoms with Gasteiger partial charge >= 0.3 is 0 Å². The van der Waals surface area contributed by atoms with Crippen molar-refractivity contribution in [1.29, 1.82) is 0 Å². The van der Waals surface area contributed by atoms with Crippen LogP contribution >= 0.6 is 15.9 Å². The molecule has 0 saturated heterocycles. The molecule has 0 bridgehead atoms. The monoisotopic (exact) mass is 484 g/mol. The van der Waals surface area contributed by atoms with Gasteiger partial charge in [0.25, 0.3) is 0 Å². The summed E-state index contributed by atoms with van der Waals surface area (Å²) < 4.78 is 24.6. The molecule has 0 aliphatic rings. The maximum atomic E-state index is 6.11. The fraction of sp³-hybridized carbons (Fsp3) is 0.292. The lowest BCUT2D eigenvalue weighted by molar-refractivity contribution is 0.280. The van der Waals surface area contributed by atoms with Crippen molar-refractivity contribution in [3.63, 3.8) is 0 Å². The number of halogens is 1. The Labute approximate surface area is 189 Å². The van der Waals surface area contributed by atoms with Gasteiger partial charge in [-0.05, 0) is 29.3 Å². The summed E-state index contributed by atoms with van der Waals surface area (Å²) in [7, 11) is 4.76. The van der Waals surface area contributed by atoms with Crippen LogP contribution in [0.15, 0.2) is 48.5 Å². The Balaban J connectivity index is 1.70. The summed E-state index contributed by atoms with van der Waals surface area (Å²) in [6.07, 6.45) is 0.996. The Hall–Kier alpha value is -2.93. The molecule has 0 unspecified atom stereocenters. The molecule has 0 atom stereocenters. The molecule has 1 aromatic heterocycles. The number of fused-ring (bicyclic) bond motifs is 2. The predicted octanol–water partition coefficient (Wildman–Crippen LogP) is 5.58. The molecular formula is C24H25BrN2O4. The standard InChI is InChI=1S/C24H25BrN2O4/c1-28-21-13-18(14-22(29-2)24(21)30-3)31-15-23-26-19-11-16-7-4-5-8-17(16)12-20(19)27(23)10-6-9-25/h4-5,7-8,11-14H,6,9-10,15H2,1-3H3. The van der Waals surface area contributed by atoms with Crippen LogP contribution in [-0.4, -0.2) is 36.2 Å². The molecule has 4 rings (SSSR count). The van der Waals surface area contributed by atoms with Crippen molar-refractivity contribution < 1.29 is 18.9 Å². The van der Waals surface area contributed by atoms with Gasteiger partial charge in [-0.15, -0.1) is 0 Å². The second kappa shape index (κ2) is 9.47. The highest BCUT2D eigenvalue weighted by molar-refractivity contribution is 9.09. The highest BCUT2D eigenvalue weighted by atomic mass is 79.9. The SMILES string of the molecule is COc1cc(OCc2nc3cc4ccccc4cc3n2CCCBr)cc(OC)c1OC. The van der Waals surface area contributed by atoms with Gasteiger partial charge in [0, 0.05) is 24.0 Å². The first kappa shape index (κ1) is 21.3. The molecule has 0 fully saturated rings. The Morgan fingerprint density at radius 1 is 0.903 bits per heavy atom. The maximum Gasteiger partial charge on any atom is 0.203 e. The van der Waals surface area contributed by atoms with E-state index in [4.69, 9.17) is 23.9 Å². The molecule has 0 radical (unpaired) electrons. The van der Waals surface area contributed by atoms with Crippen molar-refractivity contribution in [3.8, 4) is 23.0 Å². The Morgan fingerprint density at radius 3 is 2.19 bits per heavy atom. The number of rotatable bonds is 9. The maximum absolute atomic E-state index is 6.11. The van der Waals surface area contributed by atoms with Gasteiger partial charge in [0.1, 0.15) is 18.2 Å². The smallest absolute Gasteiger partial charge is 0.203 e. The van der Waals surface area contributed by atoms with Crippen LogP contribution in [0.25, 0.3) is 21.8 Å². The molecule has 0 spiro atoms. The van der Waals surface area contributed by atoms with Gasteiger partial charge in [-0.2, -0.15) is 0 Å². The van der Waals surface area contributed by atoms with Gasteiger partial charge in [-0.3, -0.25) is 0 Å². The second-order valence-electron chi connectivity index (χ2n) is 7.06. The molecule has 3 aromatic carbocycles. The molecule has 162 valence electrons. The molecule has 31 heavy (non-hydrogen) atoms. The van der Waals surface area contributed by atoms with Gasteiger partial charge < -0.3 is 23.5 Å². The van der Waals surface area contributed by atoms with E-state index in [0.717, 1.165) is 35.2 Å². The summed E-state index contributed by atoms with van der Waals surface area (Å²) in [5.41, 5.74) is 2.08. The van der Waals surface area contributed by atoms with Gasteiger partial charge in [-0.1, -0.05) is 40.2 Å². The van der Waals surface area contributed by atoms with Crippen LogP contribution in [0.3, 0.4) is 0 Å². The van der Waals surface area contributed by atoms with Crippen LogP contribution < -0.4 is 18.9 Å². The number of aryl methyl sites for hydroxylation is 1. The molecule has 0 aliphatic carbocycles. The molecule has 0 amide bonds. The minimum absolute atomic E-state index is 0.325. The predicted molar refractivity (Wildman–Crippen MR) is 126 cm³/mol. The number of nitrogens with zero attached hydrogens (tertiary/aromatic N) is 2. The van der Waals surface area contributed by atoms with Crippen LogP contribution in [0.4, 0.5) is 0 Å². The summed E-state index contributed by atoms with van der Waals surface area (Å²) in [4.78, 5) is 4.89. The van der Waals surface area contributed by atoms with Crippen molar-refractivity contribution in [2.75, 3.05) is 26.7 Å². The molecule has 6 nitrogen and oxygen atoms in total. The van der Waals surface area contributed by atoms with Crippen molar-refractivity contribution in [2.24, 2.45) is 0 Å². The Kier molecular flexibility index (Phi) is 6.51. The van der Waals surface area contributed by atoms with Gasteiger partial charge in [-0.25, -0.2) is 4.98 Å². The van der Waals surface area contributed by atoms with E-state index in [1.807, 2.05) is 6.07 Å². The molecule has 0 saturated carbocycles. The molecule has 0 aliphatic heterocycles. The van der Waals surface area contributed by atoms with Gasteiger partial charge in [0.15, 0.2) is 11.5 Å². The van der Waals surface area contributed by atoms with Crippen LogP contribution in [0, 0.1) is 0 Å². The highest BCUT2D eigenvalue weighted by Gasteiger charge is 2.16. The Morgan fingerprint density at radius 2 is 1.58 bits per heavy atom. The second-order valence-corrected chi connectivity index (χ2v) is 7.85. The van der Waals surface area contributed by atoms with E-state index in [1.165, 1.54) is 10.8 Å². The summed E-state index contributed by atoms with van der Waals surface area (Å²) >= 11 is 3.54. The quantitative estimate of drug-likeness (QED) is 0.290. The highest BCUT2D eigenvalue weighted by Crippen LogP contribution is 2.41. The minimum atomic E-state index is 0.325. The van der Waals surface area contributed by atoms with E-state index >= 15 is 0 Å². The topological polar surface area (TPSA) is 54.7 Å². The summed E-state index contributed by atoms with van der Waals surface area (Å²) in [5.74, 6) is 3.14. The lowest BCUT2D eigenvalue weighted by Gasteiger charge is -2.15. The van der Waals surface area contributed by atoms with Crippen LogP contribution in [0.5, 0.6) is 23.0 Å². The first-order valence-electron chi connectivity index (χ1n) is 10.0. The molecule has 1 heterocycles. The zero-order valence-electron chi connectivity index (χ0n) is 17.9. The number of benzene rings is 3. The first-order valence-corrected chi connectivity index (χ1v) is 11.2. The van der Waals surface area contributed by atoms with Gasteiger partial charge in [0.05, 0.1) is 32.4 Å². The number of alkyl halides is 1.